The molecule has 108 valence electrons. The van der Waals surface area contributed by atoms with Crippen LogP contribution in [0.2, 0.25) is 5.02 Å². The lowest BCUT2D eigenvalue weighted by atomic mass is 9.82. The fourth-order valence-corrected chi connectivity index (χ4v) is 3.80. The van der Waals surface area contributed by atoms with Gasteiger partial charge >= 0.3 is 0 Å². The zero-order valence-corrected chi connectivity index (χ0v) is 12.5. The van der Waals surface area contributed by atoms with Crippen LogP contribution in [0.4, 0.5) is 0 Å². The Hall–Kier alpha value is -1.13. The molecule has 0 aromatic heterocycles. The van der Waals surface area contributed by atoms with E-state index < -0.39 is 10.0 Å². The van der Waals surface area contributed by atoms with E-state index in [1.165, 1.54) is 29.6 Å². The van der Waals surface area contributed by atoms with Crippen LogP contribution < -0.4 is 0 Å². The summed E-state index contributed by atoms with van der Waals surface area (Å²) < 4.78 is 26.0. The van der Waals surface area contributed by atoms with Crippen LogP contribution in [0.25, 0.3) is 0 Å². The Morgan fingerprint density at radius 3 is 2.65 bits per heavy atom. The molecule has 2 rings (SSSR count). The van der Waals surface area contributed by atoms with Crippen LogP contribution >= 0.6 is 11.6 Å². The number of nitrogens with zero attached hydrogens (tertiary/aromatic N) is 2. The van der Waals surface area contributed by atoms with E-state index in [0.29, 0.717) is 19.4 Å². The molecule has 1 aliphatic carbocycles. The maximum Gasteiger partial charge on any atom is 0.242 e. The first-order valence-corrected chi connectivity index (χ1v) is 8.00. The number of nitriles is 1. The van der Waals surface area contributed by atoms with Crippen molar-refractivity contribution in [1.82, 2.24) is 4.31 Å². The normalized spacial score (nSPS) is 22.4. The third-order valence-corrected chi connectivity index (χ3v) is 5.63. The highest BCUT2D eigenvalue weighted by Gasteiger charge is 2.31. The number of aliphatic hydroxyl groups is 1. The first kappa shape index (κ1) is 15.3. The Bertz CT molecular complexity index is 648. The summed E-state index contributed by atoms with van der Waals surface area (Å²) in [4.78, 5) is 0.0730. The van der Waals surface area contributed by atoms with E-state index in [2.05, 4.69) is 0 Å². The van der Waals surface area contributed by atoms with Crippen molar-refractivity contribution in [3.63, 3.8) is 0 Å². The summed E-state index contributed by atoms with van der Waals surface area (Å²) >= 11 is 5.87. The minimum atomic E-state index is -3.62. The Labute approximate surface area is 123 Å². The monoisotopic (exact) mass is 314 g/mol. The molecule has 0 amide bonds. The van der Waals surface area contributed by atoms with Crippen LogP contribution in [-0.4, -0.2) is 37.5 Å². The minimum absolute atomic E-state index is 0.0730. The molecule has 0 unspecified atom stereocenters. The largest absolute Gasteiger partial charge is 0.393 e. The quantitative estimate of drug-likeness (QED) is 0.915. The Morgan fingerprint density at radius 2 is 2.15 bits per heavy atom. The van der Waals surface area contributed by atoms with Crippen molar-refractivity contribution in [2.45, 2.75) is 23.8 Å². The van der Waals surface area contributed by atoms with Crippen molar-refractivity contribution in [3.05, 3.63) is 28.8 Å². The van der Waals surface area contributed by atoms with Gasteiger partial charge in [-0.1, -0.05) is 11.6 Å². The van der Waals surface area contributed by atoms with Crippen molar-refractivity contribution < 1.29 is 13.5 Å². The van der Waals surface area contributed by atoms with Crippen LogP contribution in [-0.2, 0) is 10.0 Å². The SMILES string of the molecule is CN(CC1CC(O)C1)S(=O)(=O)c1ccc(C#N)c(Cl)c1. The molecule has 0 saturated heterocycles. The zero-order valence-electron chi connectivity index (χ0n) is 11.0. The molecular weight excluding hydrogens is 300 g/mol. The average molecular weight is 315 g/mol. The van der Waals surface area contributed by atoms with Crippen molar-refractivity contribution in [2.75, 3.05) is 13.6 Å². The summed E-state index contributed by atoms with van der Waals surface area (Å²) in [6, 6.07) is 5.96. The fourth-order valence-electron chi connectivity index (χ4n) is 2.24. The molecule has 20 heavy (non-hydrogen) atoms. The maximum absolute atomic E-state index is 12.4. The molecule has 1 N–H and O–H groups in total. The summed E-state index contributed by atoms with van der Waals surface area (Å²) in [7, 11) is -2.11. The summed E-state index contributed by atoms with van der Waals surface area (Å²) in [5.74, 6) is 0.193. The first-order chi connectivity index (χ1) is 9.34. The summed E-state index contributed by atoms with van der Waals surface area (Å²) in [6.07, 6.45) is 0.961. The van der Waals surface area contributed by atoms with Gasteiger partial charge in [-0.3, -0.25) is 0 Å². The number of hydrogen-bond acceptors (Lipinski definition) is 4. The van der Waals surface area contributed by atoms with Crippen LogP contribution in [0.15, 0.2) is 23.1 Å². The number of sulfonamides is 1. The smallest absolute Gasteiger partial charge is 0.242 e. The van der Waals surface area contributed by atoms with Gasteiger partial charge in [0.15, 0.2) is 0 Å². The Balaban J connectivity index is 2.17. The van der Waals surface area contributed by atoms with Gasteiger partial charge in [0.2, 0.25) is 10.0 Å². The first-order valence-electron chi connectivity index (χ1n) is 6.18. The Morgan fingerprint density at radius 1 is 1.50 bits per heavy atom. The molecule has 1 saturated carbocycles. The second kappa shape index (κ2) is 5.70. The molecule has 1 aromatic carbocycles. The molecule has 7 heteroatoms. The minimum Gasteiger partial charge on any atom is -0.393 e. The highest BCUT2D eigenvalue weighted by Crippen LogP contribution is 2.29. The average Bonchev–Trinajstić information content (AvgIpc) is 2.36. The topological polar surface area (TPSA) is 81.4 Å². The third-order valence-electron chi connectivity index (χ3n) is 3.50. The van der Waals surface area contributed by atoms with Gasteiger partial charge < -0.3 is 5.11 Å². The maximum atomic E-state index is 12.4. The van der Waals surface area contributed by atoms with Gasteiger partial charge in [0, 0.05) is 13.6 Å². The summed E-state index contributed by atoms with van der Waals surface area (Å²) in [5.41, 5.74) is 0.246. The van der Waals surface area contributed by atoms with Gasteiger partial charge in [0.05, 0.1) is 21.6 Å². The highest BCUT2D eigenvalue weighted by molar-refractivity contribution is 7.89. The number of rotatable bonds is 4. The molecule has 0 heterocycles. The third kappa shape index (κ3) is 2.96. The number of aliphatic hydroxyl groups excluding tert-OH is 1. The van der Waals surface area contributed by atoms with Gasteiger partial charge in [0.1, 0.15) is 6.07 Å². The van der Waals surface area contributed by atoms with E-state index in [1.807, 2.05) is 6.07 Å². The Kier molecular flexibility index (Phi) is 4.35. The number of benzene rings is 1. The van der Waals surface area contributed by atoms with Crippen molar-refractivity contribution in [3.8, 4) is 6.07 Å². The van der Waals surface area contributed by atoms with Crippen LogP contribution in [0.1, 0.15) is 18.4 Å². The lowest BCUT2D eigenvalue weighted by molar-refractivity contribution is 0.0367. The van der Waals surface area contributed by atoms with Gasteiger partial charge in [0.25, 0.3) is 0 Å². The van der Waals surface area contributed by atoms with E-state index in [0.717, 1.165) is 0 Å². The molecule has 0 bridgehead atoms. The van der Waals surface area contributed by atoms with Gasteiger partial charge in [-0.25, -0.2) is 12.7 Å². The van der Waals surface area contributed by atoms with Crippen molar-refractivity contribution in [1.29, 1.82) is 5.26 Å². The molecule has 0 aliphatic heterocycles. The zero-order chi connectivity index (χ0) is 14.9. The fraction of sp³-hybridized carbons (Fsp3) is 0.462. The van der Waals surface area contributed by atoms with Crippen LogP contribution in [0.5, 0.6) is 0 Å². The van der Waals surface area contributed by atoms with Crippen LogP contribution in [0.3, 0.4) is 0 Å². The van der Waals surface area contributed by atoms with E-state index in [4.69, 9.17) is 16.9 Å². The summed E-state index contributed by atoms with van der Waals surface area (Å²) in [5, 5.41) is 18.1. The molecular formula is C13H15ClN2O3S. The second-order valence-corrected chi connectivity index (χ2v) is 7.48. The molecule has 1 fully saturated rings. The molecule has 1 aliphatic rings. The van der Waals surface area contributed by atoms with E-state index in [1.54, 1.807) is 0 Å². The summed E-state index contributed by atoms with van der Waals surface area (Å²) in [6.45, 7) is 0.372. The number of halogens is 1. The second-order valence-electron chi connectivity index (χ2n) is 5.03. The van der Waals surface area contributed by atoms with E-state index >= 15 is 0 Å². The molecule has 0 spiro atoms. The molecule has 1 aromatic rings. The standard InChI is InChI=1S/C13H15ClN2O3S/c1-16(8-9-4-11(17)5-9)20(18,19)12-3-2-10(7-15)13(14)6-12/h2-3,6,9,11,17H,4-5,8H2,1H3. The molecule has 5 nitrogen and oxygen atoms in total. The van der Waals surface area contributed by atoms with E-state index in [9.17, 15) is 13.5 Å². The highest BCUT2D eigenvalue weighted by atomic mass is 35.5. The predicted octanol–water partition coefficient (Wildman–Crippen LogP) is 1.60. The van der Waals surface area contributed by atoms with E-state index in [-0.39, 0.29) is 27.5 Å². The number of hydrogen-bond donors (Lipinski definition) is 1. The predicted molar refractivity (Wildman–Crippen MR) is 74.7 cm³/mol. The lowest BCUT2D eigenvalue weighted by Crippen LogP contribution is -2.39. The van der Waals surface area contributed by atoms with Gasteiger partial charge in [-0.05, 0) is 37.0 Å². The van der Waals surface area contributed by atoms with Gasteiger partial charge in [-0.2, -0.15) is 5.26 Å². The van der Waals surface area contributed by atoms with Gasteiger partial charge in [-0.15, -0.1) is 0 Å². The van der Waals surface area contributed by atoms with Crippen molar-refractivity contribution in [2.24, 2.45) is 5.92 Å². The molecule has 0 radical (unpaired) electrons. The van der Waals surface area contributed by atoms with Crippen molar-refractivity contribution >= 4 is 21.6 Å². The molecule has 0 atom stereocenters. The van der Waals surface area contributed by atoms with Crippen LogP contribution in [0, 0.1) is 17.2 Å². The lowest BCUT2D eigenvalue weighted by Gasteiger charge is -2.34.